The topological polar surface area (TPSA) is 29.9 Å². The van der Waals surface area contributed by atoms with E-state index >= 15 is 0 Å². The molecule has 2 rings (SSSR count). The molecule has 0 amide bonds. The molecule has 0 fully saturated rings. The fraction of sp³-hybridized carbons (Fsp3) is 0.471. The minimum absolute atomic E-state index is 0.705. The Bertz CT molecular complexity index is 534. The van der Waals surface area contributed by atoms with E-state index in [-0.39, 0.29) is 0 Å². The van der Waals surface area contributed by atoms with E-state index in [9.17, 15) is 0 Å². The van der Waals surface area contributed by atoms with Crippen LogP contribution in [0.4, 0.5) is 0 Å². The smallest absolute Gasteiger partial charge is 0.109 e. The van der Waals surface area contributed by atoms with Crippen molar-refractivity contribution in [2.45, 2.75) is 33.2 Å². The van der Waals surface area contributed by atoms with Crippen LogP contribution >= 0.6 is 0 Å². The average molecular weight is 271 g/mol. The summed E-state index contributed by atoms with van der Waals surface area (Å²) in [6.07, 6.45) is 10.7. The molecule has 1 unspecified atom stereocenters. The summed E-state index contributed by atoms with van der Waals surface area (Å²) in [5.41, 5.74) is 3.23. The van der Waals surface area contributed by atoms with Gasteiger partial charge in [0.1, 0.15) is 5.82 Å². The second kappa shape index (κ2) is 6.71. The number of imidazole rings is 1. The first kappa shape index (κ1) is 14.8. The number of hydrogen-bond donors (Lipinski definition) is 1. The van der Waals surface area contributed by atoms with Gasteiger partial charge in [-0.1, -0.05) is 30.4 Å². The summed E-state index contributed by atoms with van der Waals surface area (Å²) in [5, 5.41) is 3.26. The third-order valence-electron chi connectivity index (χ3n) is 3.93. The lowest BCUT2D eigenvalue weighted by atomic mass is 9.98. The molecule has 0 radical (unpaired) electrons. The van der Waals surface area contributed by atoms with E-state index in [1.807, 2.05) is 14.0 Å². The maximum Gasteiger partial charge on any atom is 0.109 e. The molecule has 0 spiro atoms. The maximum absolute atomic E-state index is 4.75. The van der Waals surface area contributed by atoms with E-state index < -0.39 is 0 Å². The van der Waals surface area contributed by atoms with E-state index in [0.29, 0.717) is 5.92 Å². The molecule has 3 nitrogen and oxygen atoms in total. The highest BCUT2D eigenvalue weighted by Crippen LogP contribution is 2.22. The van der Waals surface area contributed by atoms with E-state index in [0.717, 1.165) is 30.8 Å². The van der Waals surface area contributed by atoms with Crippen LogP contribution in [0.1, 0.15) is 31.8 Å². The molecule has 0 saturated heterocycles. The van der Waals surface area contributed by atoms with Gasteiger partial charge in [-0.05, 0) is 45.4 Å². The number of hydrogen-bond acceptors (Lipinski definition) is 2. The highest BCUT2D eigenvalue weighted by Gasteiger charge is 2.20. The monoisotopic (exact) mass is 271 g/mol. The fourth-order valence-corrected chi connectivity index (χ4v) is 2.52. The summed E-state index contributed by atoms with van der Waals surface area (Å²) < 4.78 is 2.28. The highest BCUT2D eigenvalue weighted by atomic mass is 15.1. The SMILES string of the molecule is C=C(/C=C\C(C)=C/C)c1cn2c(n1)CC(CNC)CC2. The fourth-order valence-electron chi connectivity index (χ4n) is 2.52. The summed E-state index contributed by atoms with van der Waals surface area (Å²) in [7, 11) is 2.02. The molecule has 1 atom stereocenters. The van der Waals surface area contributed by atoms with Crippen molar-refractivity contribution >= 4 is 5.57 Å². The van der Waals surface area contributed by atoms with Gasteiger partial charge < -0.3 is 9.88 Å². The molecule has 1 N–H and O–H groups in total. The number of nitrogens with one attached hydrogen (secondary N) is 1. The Hall–Kier alpha value is -1.61. The third-order valence-corrected chi connectivity index (χ3v) is 3.93. The van der Waals surface area contributed by atoms with Gasteiger partial charge in [0, 0.05) is 19.2 Å². The Labute approximate surface area is 122 Å². The van der Waals surface area contributed by atoms with Crippen LogP contribution in [0.5, 0.6) is 0 Å². The van der Waals surface area contributed by atoms with Crippen molar-refractivity contribution in [1.29, 1.82) is 0 Å². The minimum Gasteiger partial charge on any atom is -0.334 e. The second-order valence-corrected chi connectivity index (χ2v) is 5.54. The third kappa shape index (κ3) is 3.48. The zero-order chi connectivity index (χ0) is 14.5. The maximum atomic E-state index is 4.75. The van der Waals surface area contributed by atoms with Crippen LogP contribution in [0.15, 0.2) is 36.6 Å². The van der Waals surface area contributed by atoms with Crippen LogP contribution in [-0.4, -0.2) is 23.1 Å². The molecule has 1 aromatic rings. The van der Waals surface area contributed by atoms with Crippen molar-refractivity contribution in [2.24, 2.45) is 5.92 Å². The van der Waals surface area contributed by atoms with E-state index in [4.69, 9.17) is 4.98 Å². The quantitative estimate of drug-likeness (QED) is 0.833. The second-order valence-electron chi connectivity index (χ2n) is 5.54. The molecule has 2 heterocycles. The lowest BCUT2D eigenvalue weighted by molar-refractivity contribution is 0.372. The molecule has 0 saturated carbocycles. The molecule has 0 aliphatic carbocycles. The van der Waals surface area contributed by atoms with Crippen LogP contribution < -0.4 is 5.32 Å². The van der Waals surface area contributed by atoms with Crippen molar-refractivity contribution < 1.29 is 0 Å². The van der Waals surface area contributed by atoms with Gasteiger partial charge in [0.15, 0.2) is 0 Å². The standard InChI is InChI=1S/C17H25N3/c1-5-13(2)6-7-14(3)16-12-20-9-8-15(11-18-4)10-17(20)19-16/h5-7,12,15,18H,3,8-11H2,1-2,4H3/b7-6-,13-5-. The first-order chi connectivity index (χ1) is 9.63. The van der Waals surface area contributed by atoms with Gasteiger partial charge >= 0.3 is 0 Å². The summed E-state index contributed by atoms with van der Waals surface area (Å²) in [6.45, 7) is 10.4. The first-order valence-electron chi connectivity index (χ1n) is 7.35. The number of rotatable bonds is 5. The van der Waals surface area contributed by atoms with E-state index in [1.54, 1.807) is 0 Å². The predicted octanol–water partition coefficient (Wildman–Crippen LogP) is 3.20. The summed E-state index contributed by atoms with van der Waals surface area (Å²) in [5.74, 6) is 1.90. The Balaban J connectivity index is 2.09. The summed E-state index contributed by atoms with van der Waals surface area (Å²) in [4.78, 5) is 4.75. The average Bonchev–Trinajstić information content (AvgIpc) is 2.88. The van der Waals surface area contributed by atoms with Gasteiger partial charge in [0.05, 0.1) is 5.69 Å². The number of nitrogens with zero attached hydrogens (tertiary/aromatic N) is 2. The van der Waals surface area contributed by atoms with Gasteiger partial charge in [-0.25, -0.2) is 4.98 Å². The normalized spacial score (nSPS) is 19.4. The largest absolute Gasteiger partial charge is 0.334 e. The minimum atomic E-state index is 0.705. The van der Waals surface area contributed by atoms with E-state index in [2.05, 4.69) is 47.8 Å². The number of fused-ring (bicyclic) bond motifs is 1. The van der Waals surface area contributed by atoms with Crippen molar-refractivity contribution in [3.63, 3.8) is 0 Å². The Morgan fingerprint density at radius 1 is 1.55 bits per heavy atom. The lowest BCUT2D eigenvalue weighted by Gasteiger charge is -2.22. The van der Waals surface area contributed by atoms with Crippen LogP contribution in [0.2, 0.25) is 0 Å². The Morgan fingerprint density at radius 3 is 3.05 bits per heavy atom. The van der Waals surface area contributed by atoms with Gasteiger partial charge in [0.25, 0.3) is 0 Å². The Kier molecular flexibility index (Phi) is 4.96. The van der Waals surface area contributed by atoms with Crippen LogP contribution in [0.3, 0.4) is 0 Å². The molecule has 20 heavy (non-hydrogen) atoms. The van der Waals surface area contributed by atoms with Crippen LogP contribution in [0, 0.1) is 5.92 Å². The van der Waals surface area contributed by atoms with Gasteiger partial charge in [-0.2, -0.15) is 0 Å². The lowest BCUT2D eigenvalue weighted by Crippen LogP contribution is -2.27. The van der Waals surface area contributed by atoms with Gasteiger partial charge in [0.2, 0.25) is 0 Å². The molecule has 0 aromatic carbocycles. The molecular weight excluding hydrogens is 246 g/mol. The van der Waals surface area contributed by atoms with Crippen LogP contribution in [-0.2, 0) is 13.0 Å². The molecular formula is C17H25N3. The first-order valence-corrected chi connectivity index (χ1v) is 7.35. The molecule has 1 aliphatic rings. The number of aryl methyl sites for hydroxylation is 1. The molecule has 108 valence electrons. The van der Waals surface area contributed by atoms with Gasteiger partial charge in [-0.3, -0.25) is 0 Å². The van der Waals surface area contributed by atoms with Crippen LogP contribution in [0.25, 0.3) is 5.57 Å². The zero-order valence-corrected chi connectivity index (χ0v) is 12.8. The number of allylic oxidation sites excluding steroid dienone is 5. The van der Waals surface area contributed by atoms with Crippen molar-refractivity contribution in [3.05, 3.63) is 48.1 Å². The predicted molar refractivity (Wildman–Crippen MR) is 85.6 cm³/mol. The molecule has 3 heteroatoms. The molecule has 1 aromatic heterocycles. The Morgan fingerprint density at radius 2 is 2.35 bits per heavy atom. The van der Waals surface area contributed by atoms with E-state index in [1.165, 1.54) is 17.8 Å². The molecule has 0 bridgehead atoms. The summed E-state index contributed by atoms with van der Waals surface area (Å²) in [6, 6.07) is 0. The summed E-state index contributed by atoms with van der Waals surface area (Å²) >= 11 is 0. The van der Waals surface area contributed by atoms with Gasteiger partial charge in [-0.15, -0.1) is 0 Å². The molecule has 1 aliphatic heterocycles. The van der Waals surface area contributed by atoms with Crippen molar-refractivity contribution in [1.82, 2.24) is 14.9 Å². The number of aromatic nitrogens is 2. The highest BCUT2D eigenvalue weighted by molar-refractivity contribution is 5.69. The van der Waals surface area contributed by atoms with Crippen molar-refractivity contribution in [2.75, 3.05) is 13.6 Å². The zero-order valence-electron chi connectivity index (χ0n) is 12.8. The van der Waals surface area contributed by atoms with Crippen molar-refractivity contribution in [3.8, 4) is 0 Å².